The molecular weight excluding hydrogens is 347 g/mol. The van der Waals surface area contributed by atoms with Crippen LogP contribution in [-0.4, -0.2) is 42.5 Å². The van der Waals surface area contributed by atoms with Crippen molar-refractivity contribution in [2.45, 2.75) is 18.7 Å². The van der Waals surface area contributed by atoms with Crippen molar-refractivity contribution < 1.29 is 27.9 Å². The number of nitrogens with zero attached hydrogens (tertiary/aromatic N) is 1. The van der Waals surface area contributed by atoms with E-state index in [2.05, 4.69) is 0 Å². The number of halogens is 3. The zero-order valence-corrected chi connectivity index (χ0v) is 14.5. The highest BCUT2D eigenvalue weighted by Crippen LogP contribution is 2.39. The van der Waals surface area contributed by atoms with Crippen LogP contribution in [-0.2, 0) is 5.60 Å². The second kappa shape index (κ2) is 6.92. The van der Waals surface area contributed by atoms with Crippen LogP contribution in [0.2, 0.25) is 0 Å². The third kappa shape index (κ3) is 3.62. The van der Waals surface area contributed by atoms with Gasteiger partial charge < -0.3 is 10.0 Å². The van der Waals surface area contributed by atoms with Crippen LogP contribution in [0, 0.1) is 0 Å². The van der Waals surface area contributed by atoms with Gasteiger partial charge in [0, 0.05) is 25.2 Å². The summed E-state index contributed by atoms with van der Waals surface area (Å²) in [6, 6.07) is 9.66. The molecule has 0 aliphatic carbocycles. The van der Waals surface area contributed by atoms with Crippen LogP contribution in [0.3, 0.4) is 0 Å². The maximum Gasteiger partial charge on any atom is 0.421 e. The molecule has 2 rings (SSSR count). The Morgan fingerprint density at radius 1 is 1.08 bits per heavy atom. The average Bonchev–Trinajstić information content (AvgIpc) is 2.59. The Morgan fingerprint density at radius 2 is 1.65 bits per heavy atom. The van der Waals surface area contributed by atoms with E-state index < -0.39 is 11.8 Å². The number of hydrogen-bond donors (Lipinski definition) is 1. The highest BCUT2D eigenvalue weighted by molar-refractivity contribution is 6.02. The van der Waals surface area contributed by atoms with Crippen molar-refractivity contribution in [3.63, 3.8) is 0 Å². The molecule has 0 aromatic heterocycles. The van der Waals surface area contributed by atoms with E-state index in [9.17, 15) is 27.9 Å². The minimum atomic E-state index is -4.81. The van der Waals surface area contributed by atoms with E-state index in [1.165, 1.54) is 41.3 Å². The van der Waals surface area contributed by atoms with E-state index in [1.807, 2.05) is 0 Å². The van der Waals surface area contributed by atoms with E-state index in [0.717, 1.165) is 0 Å². The second-order valence-corrected chi connectivity index (χ2v) is 6.27. The Bertz CT molecular complexity index is 825. The molecule has 0 aliphatic rings. The maximum absolute atomic E-state index is 13.0. The Morgan fingerprint density at radius 3 is 2.12 bits per heavy atom. The van der Waals surface area contributed by atoms with Crippen molar-refractivity contribution >= 4 is 12.2 Å². The molecule has 0 fully saturated rings. The molecule has 0 aliphatic heterocycles. The molecule has 0 heterocycles. The molecule has 0 saturated carbocycles. The Balaban J connectivity index is 2.53. The molecule has 7 heteroatoms. The van der Waals surface area contributed by atoms with Crippen molar-refractivity contribution in [1.82, 2.24) is 4.90 Å². The van der Waals surface area contributed by atoms with Gasteiger partial charge in [-0.25, -0.2) is 0 Å². The largest absolute Gasteiger partial charge is 0.421 e. The molecule has 0 spiro atoms. The zero-order chi connectivity index (χ0) is 19.7. The minimum absolute atomic E-state index is 0.259. The molecule has 1 atom stereocenters. The monoisotopic (exact) mass is 365 g/mol. The van der Waals surface area contributed by atoms with E-state index in [1.54, 1.807) is 20.2 Å². The highest BCUT2D eigenvalue weighted by atomic mass is 19.4. The van der Waals surface area contributed by atoms with Gasteiger partial charge in [-0.3, -0.25) is 9.59 Å². The van der Waals surface area contributed by atoms with Gasteiger partial charge in [0.1, 0.15) is 6.29 Å². The molecule has 0 radical (unpaired) electrons. The number of hydrogen-bond acceptors (Lipinski definition) is 3. The first-order chi connectivity index (χ1) is 12.0. The number of aldehydes is 1. The molecule has 0 bridgehead atoms. The van der Waals surface area contributed by atoms with Gasteiger partial charge in [0.25, 0.3) is 5.91 Å². The third-order valence-corrected chi connectivity index (χ3v) is 4.13. The van der Waals surface area contributed by atoms with E-state index >= 15 is 0 Å². The van der Waals surface area contributed by atoms with Crippen molar-refractivity contribution in [3.8, 4) is 11.1 Å². The average molecular weight is 365 g/mol. The van der Waals surface area contributed by atoms with Gasteiger partial charge in [-0.15, -0.1) is 0 Å². The Labute approximate surface area is 148 Å². The third-order valence-electron chi connectivity index (χ3n) is 4.13. The minimum Gasteiger partial charge on any atom is -0.376 e. The van der Waals surface area contributed by atoms with Crippen molar-refractivity contribution in [1.29, 1.82) is 0 Å². The normalized spacial score (nSPS) is 13.8. The first-order valence-electron chi connectivity index (χ1n) is 7.70. The van der Waals surface area contributed by atoms with Crippen LogP contribution in [0.25, 0.3) is 11.1 Å². The van der Waals surface area contributed by atoms with Crippen molar-refractivity contribution in [2.75, 3.05) is 14.1 Å². The summed E-state index contributed by atoms with van der Waals surface area (Å²) < 4.78 is 38.9. The van der Waals surface area contributed by atoms with Gasteiger partial charge in [0.05, 0.1) is 0 Å². The summed E-state index contributed by atoms with van der Waals surface area (Å²) in [5.41, 5.74) is -1.74. The summed E-state index contributed by atoms with van der Waals surface area (Å²) in [4.78, 5) is 24.7. The predicted molar refractivity (Wildman–Crippen MR) is 90.9 cm³/mol. The fourth-order valence-electron chi connectivity index (χ4n) is 2.44. The zero-order valence-electron chi connectivity index (χ0n) is 14.5. The fraction of sp³-hybridized carbons (Fsp3) is 0.263. The number of carbonyl (C=O) groups is 2. The molecule has 26 heavy (non-hydrogen) atoms. The summed E-state index contributed by atoms with van der Waals surface area (Å²) in [6.45, 7) is 0.682. The van der Waals surface area contributed by atoms with E-state index in [0.29, 0.717) is 29.9 Å². The first-order valence-corrected chi connectivity index (χ1v) is 7.70. The van der Waals surface area contributed by atoms with Gasteiger partial charge in [-0.05, 0) is 29.7 Å². The molecule has 1 N–H and O–H groups in total. The number of rotatable bonds is 4. The first kappa shape index (κ1) is 19.7. The van der Waals surface area contributed by atoms with Crippen LogP contribution >= 0.6 is 0 Å². The summed E-state index contributed by atoms with van der Waals surface area (Å²) in [5.74, 6) is -0.338. The lowest BCUT2D eigenvalue weighted by Gasteiger charge is -2.26. The lowest BCUT2D eigenvalue weighted by molar-refractivity contribution is -0.258. The van der Waals surface area contributed by atoms with E-state index in [4.69, 9.17) is 0 Å². The van der Waals surface area contributed by atoms with Gasteiger partial charge >= 0.3 is 6.18 Å². The number of benzene rings is 2. The van der Waals surface area contributed by atoms with Crippen LogP contribution in [0.1, 0.15) is 33.2 Å². The van der Waals surface area contributed by atoms with Gasteiger partial charge in [-0.2, -0.15) is 13.2 Å². The lowest BCUT2D eigenvalue weighted by Crippen LogP contribution is -2.39. The van der Waals surface area contributed by atoms with Crippen molar-refractivity contribution in [2.24, 2.45) is 0 Å². The number of alkyl halides is 3. The summed E-state index contributed by atoms with van der Waals surface area (Å²) in [7, 11) is 3.12. The smallest absolute Gasteiger partial charge is 0.376 e. The van der Waals surface area contributed by atoms with Gasteiger partial charge in [0.15, 0.2) is 5.60 Å². The summed E-state index contributed by atoms with van der Waals surface area (Å²) in [5, 5.41) is 9.74. The van der Waals surface area contributed by atoms with Gasteiger partial charge in [0.2, 0.25) is 0 Å². The van der Waals surface area contributed by atoms with E-state index in [-0.39, 0.29) is 17.0 Å². The molecule has 2 aromatic rings. The Kier molecular flexibility index (Phi) is 5.23. The fourth-order valence-corrected chi connectivity index (χ4v) is 2.44. The predicted octanol–water partition coefficient (Wildman–Crippen LogP) is 3.64. The molecular formula is C19H18F3NO3. The second-order valence-electron chi connectivity index (χ2n) is 6.27. The molecule has 2 aromatic carbocycles. The van der Waals surface area contributed by atoms with Crippen LogP contribution in [0.15, 0.2) is 42.5 Å². The number of carbonyl (C=O) groups excluding carboxylic acids is 2. The SMILES string of the molecule is CN(C)C(=O)c1cc(C=O)ccc1-c1ccc(C(C)(O)C(F)(F)F)cc1. The molecule has 1 unspecified atom stereocenters. The maximum atomic E-state index is 13.0. The standard InChI is InChI=1S/C19H18F3NO3/c1-18(26,19(20,21)22)14-7-5-13(6-8-14)15-9-4-12(11-24)10-16(15)17(25)23(2)3/h4-11,26H,1-3H3. The number of amides is 1. The van der Waals surface area contributed by atoms with Gasteiger partial charge in [-0.1, -0.05) is 36.4 Å². The molecule has 138 valence electrons. The summed E-state index contributed by atoms with van der Waals surface area (Å²) in [6.07, 6.45) is -4.20. The van der Waals surface area contributed by atoms with Crippen LogP contribution in [0.4, 0.5) is 13.2 Å². The highest BCUT2D eigenvalue weighted by Gasteiger charge is 2.51. The molecule has 4 nitrogen and oxygen atoms in total. The number of aliphatic hydroxyl groups is 1. The Hall–Kier alpha value is -2.67. The molecule has 1 amide bonds. The van der Waals surface area contributed by atoms with Crippen LogP contribution in [0.5, 0.6) is 0 Å². The van der Waals surface area contributed by atoms with Crippen LogP contribution < -0.4 is 0 Å². The summed E-state index contributed by atoms with van der Waals surface area (Å²) >= 11 is 0. The quantitative estimate of drug-likeness (QED) is 0.842. The topological polar surface area (TPSA) is 57.6 Å². The lowest BCUT2D eigenvalue weighted by atomic mass is 9.91. The van der Waals surface area contributed by atoms with Crippen molar-refractivity contribution in [3.05, 3.63) is 59.2 Å². The molecule has 0 saturated heterocycles.